The molecule has 0 aromatic heterocycles. The molecule has 0 aromatic rings. The first-order chi connectivity index (χ1) is 3.68. The molecule has 4 heteroatoms. The van der Waals surface area contributed by atoms with Crippen LogP contribution >= 0.6 is 31.9 Å². The number of hydrogen-bond donors (Lipinski definition) is 0. The summed E-state index contributed by atoms with van der Waals surface area (Å²) in [6, 6.07) is 0. The summed E-state index contributed by atoms with van der Waals surface area (Å²) in [5.74, 6) is 0. The van der Waals surface area contributed by atoms with Crippen LogP contribution in [0.3, 0.4) is 0 Å². The number of carbonyl (C=O) groups excluding carboxylic acids is 1. The Hall–Kier alpha value is 0.590. The van der Waals surface area contributed by atoms with Crippen molar-refractivity contribution in [1.82, 2.24) is 0 Å². The van der Waals surface area contributed by atoms with Gasteiger partial charge in [-0.3, -0.25) is 4.79 Å². The fraction of sp³-hybridized carbons (Fsp3) is 0.750. The van der Waals surface area contributed by atoms with E-state index in [0.29, 0.717) is 6.61 Å². The van der Waals surface area contributed by atoms with Crippen LogP contribution in [0.25, 0.3) is 0 Å². The minimum Gasteiger partial charge on any atom is -0.358 e. The quantitative estimate of drug-likeness (QED) is 0.559. The lowest BCUT2D eigenvalue weighted by Crippen LogP contribution is -2.10. The Kier molecular flexibility index (Phi) is 4.80. The summed E-state index contributed by atoms with van der Waals surface area (Å²) in [4.78, 5) is 10.3. The number of ether oxygens (including phenoxy) is 1. The van der Waals surface area contributed by atoms with Crippen LogP contribution in [-0.4, -0.2) is 16.3 Å². The van der Waals surface area contributed by atoms with Crippen LogP contribution in [0.15, 0.2) is 0 Å². The highest BCUT2D eigenvalue weighted by molar-refractivity contribution is 9.19. The van der Waals surface area contributed by atoms with Gasteiger partial charge in [-0.05, 0) is 38.8 Å². The van der Waals surface area contributed by atoms with E-state index in [2.05, 4.69) is 31.9 Å². The van der Waals surface area contributed by atoms with E-state index in [1.165, 1.54) is 0 Å². The summed E-state index contributed by atoms with van der Waals surface area (Å²) in [5.41, 5.74) is 0. The van der Waals surface area contributed by atoms with Crippen LogP contribution in [0, 0.1) is 0 Å². The molecule has 2 nitrogen and oxygen atoms in total. The minimum absolute atomic E-state index is 0.181. The van der Waals surface area contributed by atoms with Crippen molar-refractivity contribution in [1.29, 1.82) is 0 Å². The molecule has 0 fully saturated rings. The smallest absolute Gasteiger partial charge is 0.237 e. The molecule has 0 rings (SSSR count). The molecule has 0 radical (unpaired) electrons. The summed E-state index contributed by atoms with van der Waals surface area (Å²) in [6.45, 7) is 2.36. The van der Waals surface area contributed by atoms with Crippen LogP contribution in [-0.2, 0) is 9.53 Å². The Bertz CT molecular complexity index is 84.1. The van der Waals surface area contributed by atoms with Crippen LogP contribution in [0.1, 0.15) is 6.92 Å². The zero-order chi connectivity index (χ0) is 6.57. The first kappa shape index (κ1) is 8.59. The lowest BCUT2D eigenvalue weighted by Gasteiger charge is -2.01. The van der Waals surface area contributed by atoms with E-state index >= 15 is 0 Å². The van der Waals surface area contributed by atoms with Gasteiger partial charge in [-0.1, -0.05) is 0 Å². The summed E-state index contributed by atoms with van der Waals surface area (Å²) in [6.07, 6.45) is 0. The first-order valence-corrected chi connectivity index (χ1v) is 3.84. The lowest BCUT2D eigenvalue weighted by atomic mass is 10.8. The summed E-state index contributed by atoms with van der Waals surface area (Å²) in [7, 11) is 0. The topological polar surface area (TPSA) is 26.3 Å². The summed E-state index contributed by atoms with van der Waals surface area (Å²) in [5, 5.41) is -0.493. The van der Waals surface area contributed by atoms with Crippen LogP contribution in [0.5, 0.6) is 0 Å². The van der Waals surface area contributed by atoms with E-state index < -0.39 is 5.01 Å². The van der Waals surface area contributed by atoms with Gasteiger partial charge in [0.2, 0.25) is 4.69 Å². The summed E-state index contributed by atoms with van der Waals surface area (Å²) >= 11 is 5.71. The highest BCUT2D eigenvalue weighted by Crippen LogP contribution is 2.06. The number of halogens is 2. The van der Waals surface area contributed by atoms with Crippen molar-refractivity contribution in [3.63, 3.8) is 0 Å². The first-order valence-electron chi connectivity index (χ1n) is 2.13. The Morgan fingerprint density at radius 3 is 2.50 bits per heavy atom. The Morgan fingerprint density at radius 1 is 1.88 bits per heavy atom. The van der Waals surface area contributed by atoms with Crippen molar-refractivity contribution in [3.8, 4) is 0 Å². The zero-order valence-corrected chi connectivity index (χ0v) is 7.53. The Morgan fingerprint density at radius 2 is 2.38 bits per heavy atom. The SMILES string of the molecule is CCOC(Br)C(=O)Br. The van der Waals surface area contributed by atoms with Crippen molar-refractivity contribution in [2.45, 2.75) is 11.9 Å². The second-order valence-electron chi connectivity index (χ2n) is 1.08. The molecular weight excluding hydrogens is 240 g/mol. The zero-order valence-electron chi connectivity index (χ0n) is 4.36. The van der Waals surface area contributed by atoms with Gasteiger partial charge in [0.1, 0.15) is 0 Å². The van der Waals surface area contributed by atoms with Crippen LogP contribution in [0.2, 0.25) is 0 Å². The number of hydrogen-bond acceptors (Lipinski definition) is 2. The summed E-state index contributed by atoms with van der Waals surface area (Å²) < 4.78 is 4.64. The van der Waals surface area contributed by atoms with Gasteiger partial charge < -0.3 is 4.74 Å². The molecule has 0 bridgehead atoms. The number of alkyl halides is 1. The minimum atomic E-state index is -0.493. The number of carbonyl (C=O) groups is 1. The van der Waals surface area contributed by atoms with Gasteiger partial charge in [-0.2, -0.15) is 0 Å². The number of rotatable bonds is 3. The maximum absolute atomic E-state index is 10.3. The molecule has 1 unspecified atom stereocenters. The molecule has 0 saturated heterocycles. The van der Waals surface area contributed by atoms with Gasteiger partial charge in [0, 0.05) is 6.61 Å². The third-order valence-corrected chi connectivity index (χ3v) is 2.20. The van der Waals surface area contributed by atoms with Crippen molar-refractivity contribution in [2.24, 2.45) is 0 Å². The fourth-order valence-electron chi connectivity index (χ4n) is 0.212. The third-order valence-electron chi connectivity index (χ3n) is 0.491. The third kappa shape index (κ3) is 3.57. The van der Waals surface area contributed by atoms with E-state index in [1.807, 2.05) is 6.92 Å². The molecular formula is C4H6Br2O2. The molecule has 0 saturated carbocycles. The lowest BCUT2D eigenvalue weighted by molar-refractivity contribution is -0.115. The monoisotopic (exact) mass is 244 g/mol. The normalized spacial score (nSPS) is 13.4. The van der Waals surface area contributed by atoms with Crippen molar-refractivity contribution >= 4 is 36.6 Å². The Labute approximate surface area is 64.8 Å². The molecule has 0 aromatic carbocycles. The van der Waals surface area contributed by atoms with Gasteiger partial charge in [0.05, 0.1) is 0 Å². The maximum atomic E-state index is 10.3. The van der Waals surface area contributed by atoms with E-state index in [4.69, 9.17) is 4.74 Å². The molecule has 1 atom stereocenters. The molecule has 48 valence electrons. The highest BCUT2D eigenvalue weighted by Gasteiger charge is 2.08. The average molecular weight is 246 g/mol. The molecule has 8 heavy (non-hydrogen) atoms. The molecule has 0 N–H and O–H groups in total. The molecule has 0 aliphatic heterocycles. The molecule has 0 spiro atoms. The van der Waals surface area contributed by atoms with Crippen molar-refractivity contribution < 1.29 is 9.53 Å². The van der Waals surface area contributed by atoms with Crippen molar-refractivity contribution in [2.75, 3.05) is 6.61 Å². The maximum Gasteiger partial charge on any atom is 0.237 e. The van der Waals surface area contributed by atoms with E-state index in [0.717, 1.165) is 0 Å². The van der Waals surface area contributed by atoms with Gasteiger partial charge in [-0.15, -0.1) is 0 Å². The molecule has 0 amide bonds. The predicted molar refractivity (Wildman–Crippen MR) is 38.3 cm³/mol. The second kappa shape index (κ2) is 4.47. The average Bonchev–Trinajstić information content (AvgIpc) is 1.67. The Balaban J connectivity index is 3.32. The van der Waals surface area contributed by atoms with Crippen LogP contribution < -0.4 is 0 Å². The van der Waals surface area contributed by atoms with Gasteiger partial charge in [0.15, 0.2) is 5.01 Å². The van der Waals surface area contributed by atoms with Gasteiger partial charge in [-0.25, -0.2) is 0 Å². The van der Waals surface area contributed by atoms with Gasteiger partial charge in [0.25, 0.3) is 0 Å². The standard InChI is InChI=1S/C4H6Br2O2/c1-2-8-4(6)3(5)7/h4H,2H2,1H3. The van der Waals surface area contributed by atoms with Gasteiger partial charge >= 0.3 is 0 Å². The molecule has 0 aliphatic rings. The van der Waals surface area contributed by atoms with Crippen LogP contribution in [0.4, 0.5) is 0 Å². The van der Waals surface area contributed by atoms with E-state index in [-0.39, 0.29) is 4.69 Å². The molecule has 0 aliphatic carbocycles. The van der Waals surface area contributed by atoms with E-state index in [9.17, 15) is 4.79 Å². The molecule has 0 heterocycles. The fourth-order valence-corrected chi connectivity index (χ4v) is 0.608. The second-order valence-corrected chi connectivity index (χ2v) is 2.69. The van der Waals surface area contributed by atoms with Crippen molar-refractivity contribution in [3.05, 3.63) is 0 Å². The highest BCUT2D eigenvalue weighted by atomic mass is 79.9. The largest absolute Gasteiger partial charge is 0.358 e. The predicted octanol–water partition coefficient (Wildman–Crippen LogP) is 1.67. The van der Waals surface area contributed by atoms with E-state index in [1.54, 1.807) is 0 Å².